The molecule has 0 bridgehead atoms. The van der Waals surface area contributed by atoms with Crippen molar-refractivity contribution < 1.29 is 0 Å². The van der Waals surface area contributed by atoms with Gasteiger partial charge in [-0.2, -0.15) is 0 Å². The minimum absolute atomic E-state index is 0.594. The SMILES string of the molecule is CCCCc1nc(N)c2[nH]c(C)c(CCCCCN3CCN(C(C)C)CC3)c2n1. The van der Waals surface area contributed by atoms with Crippen LogP contribution < -0.4 is 5.73 Å². The van der Waals surface area contributed by atoms with Gasteiger partial charge in [0.25, 0.3) is 0 Å². The Morgan fingerprint density at radius 2 is 1.76 bits per heavy atom. The van der Waals surface area contributed by atoms with Crippen LogP contribution in [0, 0.1) is 6.92 Å². The Balaban J connectivity index is 1.49. The molecule has 29 heavy (non-hydrogen) atoms. The molecule has 0 unspecified atom stereocenters. The van der Waals surface area contributed by atoms with Gasteiger partial charge < -0.3 is 15.6 Å². The van der Waals surface area contributed by atoms with Gasteiger partial charge in [0.05, 0.1) is 5.52 Å². The van der Waals surface area contributed by atoms with E-state index in [1.165, 1.54) is 63.2 Å². The fourth-order valence-corrected chi connectivity index (χ4v) is 4.38. The van der Waals surface area contributed by atoms with Crippen molar-refractivity contribution in [2.75, 3.05) is 38.5 Å². The molecular formula is C23H40N6. The quantitative estimate of drug-likeness (QED) is 0.591. The molecule has 0 saturated carbocycles. The number of piperazine rings is 1. The van der Waals surface area contributed by atoms with Crippen molar-refractivity contribution in [3.8, 4) is 0 Å². The number of unbranched alkanes of at least 4 members (excludes halogenated alkanes) is 3. The van der Waals surface area contributed by atoms with E-state index in [4.69, 9.17) is 10.7 Å². The van der Waals surface area contributed by atoms with Gasteiger partial charge in [-0.25, -0.2) is 9.97 Å². The maximum absolute atomic E-state index is 6.21. The number of nitrogens with zero attached hydrogens (tertiary/aromatic N) is 4. The molecule has 2 aromatic rings. The molecule has 162 valence electrons. The Bertz CT molecular complexity index is 773. The number of nitrogen functional groups attached to an aromatic ring is 1. The zero-order valence-corrected chi connectivity index (χ0v) is 18.9. The summed E-state index contributed by atoms with van der Waals surface area (Å²) < 4.78 is 0. The van der Waals surface area contributed by atoms with Crippen LogP contribution in [0.5, 0.6) is 0 Å². The zero-order valence-electron chi connectivity index (χ0n) is 18.9. The molecule has 2 aromatic heterocycles. The number of hydrogen-bond donors (Lipinski definition) is 2. The van der Waals surface area contributed by atoms with Crippen LogP contribution in [0.2, 0.25) is 0 Å². The molecule has 6 nitrogen and oxygen atoms in total. The number of anilines is 1. The van der Waals surface area contributed by atoms with E-state index in [0.29, 0.717) is 11.9 Å². The average Bonchev–Trinajstić information content (AvgIpc) is 3.02. The molecule has 0 amide bonds. The number of fused-ring (bicyclic) bond motifs is 1. The van der Waals surface area contributed by atoms with Gasteiger partial charge in [-0.1, -0.05) is 19.8 Å². The molecule has 0 spiro atoms. The molecular weight excluding hydrogens is 360 g/mol. The van der Waals surface area contributed by atoms with Crippen LogP contribution in [0.25, 0.3) is 11.0 Å². The first-order valence-corrected chi connectivity index (χ1v) is 11.6. The summed E-state index contributed by atoms with van der Waals surface area (Å²) in [5.41, 5.74) is 10.7. The first kappa shape index (κ1) is 22.0. The van der Waals surface area contributed by atoms with Gasteiger partial charge in [0, 0.05) is 44.3 Å². The summed E-state index contributed by atoms with van der Waals surface area (Å²) in [4.78, 5) is 18.0. The third kappa shape index (κ3) is 5.70. The highest BCUT2D eigenvalue weighted by molar-refractivity contribution is 5.88. The highest BCUT2D eigenvalue weighted by Gasteiger charge is 2.18. The number of rotatable bonds is 10. The van der Waals surface area contributed by atoms with Crippen molar-refractivity contribution in [1.29, 1.82) is 0 Å². The summed E-state index contributed by atoms with van der Waals surface area (Å²) in [6.07, 6.45) is 7.97. The molecule has 0 radical (unpaired) electrons. The molecule has 6 heteroatoms. The van der Waals surface area contributed by atoms with Crippen molar-refractivity contribution >= 4 is 16.9 Å². The lowest BCUT2D eigenvalue weighted by Gasteiger charge is -2.36. The van der Waals surface area contributed by atoms with Crippen molar-refractivity contribution in [1.82, 2.24) is 24.8 Å². The number of hydrogen-bond acceptors (Lipinski definition) is 5. The van der Waals surface area contributed by atoms with Gasteiger partial charge >= 0.3 is 0 Å². The molecule has 1 fully saturated rings. The Morgan fingerprint density at radius 1 is 1.00 bits per heavy atom. The minimum Gasteiger partial charge on any atom is -0.382 e. The minimum atomic E-state index is 0.594. The van der Waals surface area contributed by atoms with E-state index in [2.05, 4.69) is 47.5 Å². The molecule has 0 aromatic carbocycles. The largest absolute Gasteiger partial charge is 0.382 e. The lowest BCUT2D eigenvalue weighted by molar-refractivity contribution is 0.107. The van der Waals surface area contributed by atoms with Crippen molar-refractivity contribution in [3.63, 3.8) is 0 Å². The average molecular weight is 401 g/mol. The predicted molar refractivity (Wildman–Crippen MR) is 122 cm³/mol. The summed E-state index contributed by atoms with van der Waals surface area (Å²) in [7, 11) is 0. The second-order valence-electron chi connectivity index (χ2n) is 8.86. The number of aromatic nitrogens is 3. The van der Waals surface area contributed by atoms with Gasteiger partial charge in [0.15, 0.2) is 5.82 Å². The third-order valence-electron chi connectivity index (χ3n) is 6.33. The summed E-state index contributed by atoms with van der Waals surface area (Å²) >= 11 is 0. The second-order valence-corrected chi connectivity index (χ2v) is 8.86. The molecule has 0 atom stereocenters. The molecule has 3 N–H and O–H groups in total. The fraction of sp³-hybridized carbons (Fsp3) is 0.739. The number of nitrogens with one attached hydrogen (secondary N) is 1. The van der Waals surface area contributed by atoms with Crippen molar-refractivity contribution in [2.24, 2.45) is 0 Å². The second kappa shape index (κ2) is 10.4. The predicted octanol–water partition coefficient (Wildman–Crippen LogP) is 3.93. The van der Waals surface area contributed by atoms with Gasteiger partial charge in [0.2, 0.25) is 0 Å². The number of aromatic amines is 1. The van der Waals surface area contributed by atoms with E-state index in [9.17, 15) is 0 Å². The Kier molecular flexibility index (Phi) is 7.90. The van der Waals surface area contributed by atoms with Crippen LogP contribution in [0.15, 0.2) is 0 Å². The maximum atomic E-state index is 6.21. The maximum Gasteiger partial charge on any atom is 0.151 e. The fourth-order valence-electron chi connectivity index (χ4n) is 4.38. The smallest absolute Gasteiger partial charge is 0.151 e. The number of nitrogens with two attached hydrogens (primary N) is 1. The number of aryl methyl sites for hydroxylation is 3. The van der Waals surface area contributed by atoms with Crippen LogP contribution in [0.1, 0.15) is 70.0 Å². The van der Waals surface area contributed by atoms with Gasteiger partial charge in [0.1, 0.15) is 11.3 Å². The first-order valence-electron chi connectivity index (χ1n) is 11.6. The van der Waals surface area contributed by atoms with Crippen molar-refractivity contribution in [2.45, 2.75) is 78.7 Å². The molecule has 3 heterocycles. The van der Waals surface area contributed by atoms with E-state index in [0.717, 1.165) is 42.5 Å². The summed E-state index contributed by atoms with van der Waals surface area (Å²) in [5, 5.41) is 0. The van der Waals surface area contributed by atoms with E-state index < -0.39 is 0 Å². The molecule has 0 aliphatic carbocycles. The third-order valence-corrected chi connectivity index (χ3v) is 6.33. The monoisotopic (exact) mass is 400 g/mol. The molecule has 1 aliphatic heterocycles. The Morgan fingerprint density at radius 3 is 2.45 bits per heavy atom. The molecule has 1 saturated heterocycles. The van der Waals surface area contributed by atoms with E-state index >= 15 is 0 Å². The van der Waals surface area contributed by atoms with Crippen LogP contribution in [0.4, 0.5) is 5.82 Å². The Labute approximate surface area is 176 Å². The Hall–Kier alpha value is -1.66. The lowest BCUT2D eigenvalue weighted by atomic mass is 10.1. The normalized spacial score (nSPS) is 16.3. The molecule has 1 aliphatic rings. The number of H-pyrrole nitrogens is 1. The highest BCUT2D eigenvalue weighted by atomic mass is 15.3. The summed E-state index contributed by atoms with van der Waals surface area (Å²) in [6, 6.07) is 0.678. The van der Waals surface area contributed by atoms with Gasteiger partial charge in [-0.3, -0.25) is 4.90 Å². The van der Waals surface area contributed by atoms with Gasteiger partial charge in [-0.05, 0) is 58.6 Å². The van der Waals surface area contributed by atoms with Gasteiger partial charge in [-0.15, -0.1) is 0 Å². The topological polar surface area (TPSA) is 74.1 Å². The van der Waals surface area contributed by atoms with E-state index in [1.807, 2.05) is 0 Å². The zero-order chi connectivity index (χ0) is 20.8. The van der Waals surface area contributed by atoms with E-state index in [-0.39, 0.29) is 0 Å². The van der Waals surface area contributed by atoms with Crippen LogP contribution in [-0.4, -0.2) is 63.5 Å². The summed E-state index contributed by atoms with van der Waals surface area (Å²) in [5.74, 6) is 1.48. The lowest BCUT2D eigenvalue weighted by Crippen LogP contribution is -2.48. The molecule has 3 rings (SSSR count). The van der Waals surface area contributed by atoms with E-state index in [1.54, 1.807) is 0 Å². The summed E-state index contributed by atoms with van der Waals surface area (Å²) in [6.45, 7) is 15.0. The highest BCUT2D eigenvalue weighted by Crippen LogP contribution is 2.26. The van der Waals surface area contributed by atoms with Crippen LogP contribution in [0.3, 0.4) is 0 Å². The van der Waals surface area contributed by atoms with Crippen molar-refractivity contribution in [3.05, 3.63) is 17.1 Å². The standard InChI is InChI=1S/C23H40N6/c1-5-6-11-20-26-21-19(18(4)25-22(21)23(24)27-20)10-8-7-9-12-28-13-15-29(16-14-28)17(2)3/h17,25H,5-16H2,1-4H3,(H2,24,26,27). The van der Waals surface area contributed by atoms with Crippen LogP contribution >= 0.6 is 0 Å². The first-order chi connectivity index (χ1) is 14.0. The van der Waals surface area contributed by atoms with Crippen LogP contribution in [-0.2, 0) is 12.8 Å².